The fraction of sp³-hybridized carbons (Fsp3) is 0.565. The third-order valence-corrected chi connectivity index (χ3v) is 5.93. The van der Waals surface area contributed by atoms with Crippen LogP contribution in [0.2, 0.25) is 0 Å². The van der Waals surface area contributed by atoms with Gasteiger partial charge in [0.05, 0.1) is 17.6 Å². The minimum absolute atomic E-state index is 0.0485. The summed E-state index contributed by atoms with van der Waals surface area (Å²) in [6.07, 6.45) is 3.03. The van der Waals surface area contributed by atoms with E-state index in [1.165, 1.54) is 0 Å². The van der Waals surface area contributed by atoms with Crippen molar-refractivity contribution < 1.29 is 23.5 Å². The third-order valence-electron chi connectivity index (χ3n) is 5.93. The molecule has 0 spiro atoms. The van der Waals surface area contributed by atoms with Gasteiger partial charge in [0.25, 0.3) is 0 Å². The number of dihydropyridines is 1. The second-order valence-corrected chi connectivity index (χ2v) is 9.11. The number of ether oxygens (including phenoxy) is 2. The molecule has 0 radical (unpaired) electrons. The van der Waals surface area contributed by atoms with Crippen LogP contribution in [0.25, 0.3) is 0 Å². The number of hydrogen-bond acceptors (Lipinski definition) is 6. The van der Waals surface area contributed by atoms with Gasteiger partial charge in [-0.05, 0) is 50.7 Å². The molecule has 2 unspecified atom stereocenters. The van der Waals surface area contributed by atoms with Gasteiger partial charge in [0.2, 0.25) is 0 Å². The van der Waals surface area contributed by atoms with Crippen molar-refractivity contribution in [2.24, 2.45) is 5.41 Å². The summed E-state index contributed by atoms with van der Waals surface area (Å²) in [5.41, 5.74) is 2.56. The fourth-order valence-corrected chi connectivity index (χ4v) is 4.62. The molecule has 29 heavy (non-hydrogen) atoms. The molecule has 4 rings (SSSR count). The van der Waals surface area contributed by atoms with Gasteiger partial charge in [-0.2, -0.15) is 0 Å². The highest BCUT2D eigenvalue weighted by molar-refractivity contribution is 6.04. The standard InChI is InChI=1S/C23H29NO5/c1-13-7-8-18(29-13)21-19(22(26)28-12-15-6-5-9-27-15)14(2)24-16-10-23(3,4)11-17(25)20(16)21/h7-8,15,21,24H,5-6,9-12H2,1-4H3. The lowest BCUT2D eigenvalue weighted by Gasteiger charge is -2.38. The van der Waals surface area contributed by atoms with Gasteiger partial charge in [-0.1, -0.05) is 13.8 Å². The maximum absolute atomic E-state index is 13.1. The Morgan fingerprint density at radius 2 is 2.07 bits per heavy atom. The van der Waals surface area contributed by atoms with E-state index in [9.17, 15) is 9.59 Å². The van der Waals surface area contributed by atoms with Crippen molar-refractivity contribution >= 4 is 11.8 Å². The first-order chi connectivity index (χ1) is 13.7. The molecule has 2 aliphatic heterocycles. The molecule has 1 aromatic rings. The number of ketones is 1. The molecule has 0 aromatic carbocycles. The number of aryl methyl sites for hydroxylation is 1. The maximum atomic E-state index is 13.1. The second-order valence-electron chi connectivity index (χ2n) is 9.11. The molecule has 1 saturated heterocycles. The number of rotatable bonds is 4. The van der Waals surface area contributed by atoms with E-state index in [0.29, 0.717) is 35.6 Å². The lowest BCUT2D eigenvalue weighted by Crippen LogP contribution is -2.38. The molecule has 1 aliphatic carbocycles. The van der Waals surface area contributed by atoms with Crippen LogP contribution in [-0.4, -0.2) is 31.1 Å². The molecule has 1 fully saturated rings. The van der Waals surface area contributed by atoms with Gasteiger partial charge in [-0.15, -0.1) is 0 Å². The van der Waals surface area contributed by atoms with Crippen molar-refractivity contribution in [1.29, 1.82) is 0 Å². The third kappa shape index (κ3) is 3.90. The number of carbonyl (C=O) groups is 2. The fourth-order valence-electron chi connectivity index (χ4n) is 4.62. The highest BCUT2D eigenvalue weighted by Gasteiger charge is 2.44. The van der Waals surface area contributed by atoms with Crippen molar-refractivity contribution in [3.8, 4) is 0 Å². The minimum atomic E-state index is -0.541. The van der Waals surface area contributed by atoms with Gasteiger partial charge in [0, 0.05) is 30.0 Å². The van der Waals surface area contributed by atoms with Crippen LogP contribution in [-0.2, 0) is 19.1 Å². The van der Waals surface area contributed by atoms with E-state index in [1.807, 2.05) is 26.0 Å². The predicted octanol–water partition coefficient (Wildman–Crippen LogP) is 3.91. The first-order valence-corrected chi connectivity index (χ1v) is 10.3. The summed E-state index contributed by atoms with van der Waals surface area (Å²) >= 11 is 0. The summed E-state index contributed by atoms with van der Waals surface area (Å²) in [5.74, 6) is 0.441. The molecular weight excluding hydrogens is 370 g/mol. The molecule has 0 amide bonds. The summed E-state index contributed by atoms with van der Waals surface area (Å²) in [6.45, 7) is 8.84. The van der Waals surface area contributed by atoms with Crippen molar-refractivity contribution in [2.45, 2.75) is 65.4 Å². The quantitative estimate of drug-likeness (QED) is 0.774. The van der Waals surface area contributed by atoms with Crippen LogP contribution < -0.4 is 5.32 Å². The summed E-state index contributed by atoms with van der Waals surface area (Å²) in [7, 11) is 0. The molecule has 1 N–H and O–H groups in total. The molecule has 3 heterocycles. The smallest absolute Gasteiger partial charge is 0.336 e. The number of carbonyl (C=O) groups excluding carboxylic acids is 2. The van der Waals surface area contributed by atoms with E-state index in [4.69, 9.17) is 13.9 Å². The predicted molar refractivity (Wildman–Crippen MR) is 107 cm³/mol. The number of hydrogen-bond donors (Lipinski definition) is 1. The van der Waals surface area contributed by atoms with Gasteiger partial charge in [-0.25, -0.2) is 4.79 Å². The summed E-state index contributed by atoms with van der Waals surface area (Å²) in [4.78, 5) is 26.3. The van der Waals surface area contributed by atoms with Gasteiger partial charge < -0.3 is 19.2 Å². The van der Waals surface area contributed by atoms with E-state index in [2.05, 4.69) is 19.2 Å². The normalized spacial score (nSPS) is 26.4. The zero-order valence-electron chi connectivity index (χ0n) is 17.6. The Balaban J connectivity index is 1.69. The number of Topliss-reactive ketones (excluding diaryl/α,β-unsaturated/α-hetero) is 1. The first kappa shape index (κ1) is 20.0. The SMILES string of the molecule is CC1=C(C(=O)OCC2CCCO2)C(c2ccc(C)o2)C2=C(CC(C)(C)CC2=O)N1. The average Bonchev–Trinajstić information content (AvgIpc) is 3.28. The Kier molecular flexibility index (Phi) is 5.15. The largest absolute Gasteiger partial charge is 0.465 e. The Hall–Kier alpha value is -2.34. The Labute approximate surface area is 171 Å². The van der Waals surface area contributed by atoms with Gasteiger partial charge >= 0.3 is 5.97 Å². The van der Waals surface area contributed by atoms with Crippen molar-refractivity contribution in [3.63, 3.8) is 0 Å². The zero-order chi connectivity index (χ0) is 20.8. The number of furan rings is 1. The molecule has 2 atom stereocenters. The molecular formula is C23H29NO5. The number of esters is 1. The number of nitrogens with one attached hydrogen (secondary N) is 1. The Morgan fingerprint density at radius 3 is 2.72 bits per heavy atom. The average molecular weight is 399 g/mol. The molecule has 3 aliphatic rings. The van der Waals surface area contributed by atoms with Crippen LogP contribution in [0.1, 0.15) is 63.9 Å². The highest BCUT2D eigenvalue weighted by Crippen LogP contribution is 2.47. The second kappa shape index (κ2) is 7.48. The molecule has 1 aromatic heterocycles. The van der Waals surface area contributed by atoms with Gasteiger partial charge in [0.1, 0.15) is 18.1 Å². The maximum Gasteiger partial charge on any atom is 0.336 e. The highest BCUT2D eigenvalue weighted by atomic mass is 16.6. The lowest BCUT2D eigenvalue weighted by atomic mass is 9.69. The van der Waals surface area contributed by atoms with E-state index < -0.39 is 11.9 Å². The van der Waals surface area contributed by atoms with E-state index >= 15 is 0 Å². The van der Waals surface area contributed by atoms with E-state index in [-0.39, 0.29) is 23.9 Å². The molecule has 6 nitrogen and oxygen atoms in total. The minimum Gasteiger partial charge on any atom is -0.465 e. The van der Waals surface area contributed by atoms with Crippen LogP contribution in [0.5, 0.6) is 0 Å². The zero-order valence-corrected chi connectivity index (χ0v) is 17.6. The molecule has 0 saturated carbocycles. The molecule has 156 valence electrons. The molecule has 6 heteroatoms. The lowest BCUT2D eigenvalue weighted by molar-refractivity contribution is -0.142. The summed E-state index contributed by atoms with van der Waals surface area (Å²) < 4.78 is 17.1. The van der Waals surface area contributed by atoms with Crippen LogP contribution in [0.4, 0.5) is 0 Å². The Bertz CT molecular complexity index is 898. The first-order valence-electron chi connectivity index (χ1n) is 10.3. The van der Waals surface area contributed by atoms with Gasteiger partial charge in [0.15, 0.2) is 5.78 Å². The monoisotopic (exact) mass is 399 g/mol. The van der Waals surface area contributed by atoms with Crippen LogP contribution in [0, 0.1) is 12.3 Å². The topological polar surface area (TPSA) is 77.8 Å². The van der Waals surface area contributed by atoms with Crippen molar-refractivity contribution in [3.05, 3.63) is 46.2 Å². The van der Waals surface area contributed by atoms with Crippen molar-refractivity contribution in [1.82, 2.24) is 5.32 Å². The Morgan fingerprint density at radius 1 is 1.28 bits per heavy atom. The summed E-state index contributed by atoms with van der Waals surface area (Å²) in [5, 5.41) is 3.33. The van der Waals surface area contributed by atoms with Crippen LogP contribution in [0.15, 0.2) is 39.1 Å². The van der Waals surface area contributed by atoms with Crippen LogP contribution in [0.3, 0.4) is 0 Å². The van der Waals surface area contributed by atoms with E-state index in [0.717, 1.165) is 30.7 Å². The summed E-state index contributed by atoms with van der Waals surface area (Å²) in [6, 6.07) is 3.71. The van der Waals surface area contributed by atoms with Gasteiger partial charge in [-0.3, -0.25) is 4.79 Å². The molecule has 0 bridgehead atoms. The van der Waals surface area contributed by atoms with Crippen LogP contribution >= 0.6 is 0 Å². The van der Waals surface area contributed by atoms with E-state index in [1.54, 1.807) is 0 Å². The number of allylic oxidation sites excluding steroid dienone is 3. The van der Waals surface area contributed by atoms with Crippen molar-refractivity contribution in [2.75, 3.05) is 13.2 Å².